The second-order valence-corrected chi connectivity index (χ2v) is 5.84. The fourth-order valence-corrected chi connectivity index (χ4v) is 2.76. The zero-order valence-electron chi connectivity index (χ0n) is 14.4. The lowest BCUT2D eigenvalue weighted by atomic mass is 10.1. The number of aromatic nitrogens is 2. The molecule has 138 valence electrons. The number of nitrogens with two attached hydrogens (primary N) is 1. The van der Waals surface area contributed by atoms with E-state index in [-0.39, 0.29) is 12.7 Å². The van der Waals surface area contributed by atoms with Gasteiger partial charge in [-0.05, 0) is 42.5 Å². The first-order valence-electron chi connectivity index (χ1n) is 8.42. The van der Waals surface area contributed by atoms with E-state index < -0.39 is 0 Å². The summed E-state index contributed by atoms with van der Waals surface area (Å²) in [5.74, 6) is 1.60. The molecule has 2 aromatic carbocycles. The molecule has 0 bridgehead atoms. The molecule has 0 atom stereocenters. The first-order valence-corrected chi connectivity index (χ1v) is 8.42. The van der Waals surface area contributed by atoms with Crippen LogP contribution >= 0.6 is 0 Å². The molecule has 3 aromatic rings. The first-order chi connectivity index (χ1) is 13.2. The summed E-state index contributed by atoms with van der Waals surface area (Å²) in [4.78, 5) is 12.6. The molecule has 0 saturated heterocycles. The number of H-pyrrole nitrogens is 1. The van der Waals surface area contributed by atoms with Crippen molar-refractivity contribution in [3.8, 4) is 28.5 Å². The van der Waals surface area contributed by atoms with Crippen LogP contribution in [0.1, 0.15) is 10.4 Å². The van der Waals surface area contributed by atoms with Crippen molar-refractivity contribution < 1.29 is 19.0 Å². The van der Waals surface area contributed by atoms with Gasteiger partial charge in [0.25, 0.3) is 5.91 Å². The number of anilines is 1. The minimum Gasteiger partial charge on any atom is -0.492 e. The Morgan fingerprint density at radius 3 is 2.89 bits per heavy atom. The largest absolute Gasteiger partial charge is 0.492 e. The number of fused-ring (bicyclic) bond motifs is 1. The molecule has 8 nitrogen and oxygen atoms in total. The van der Waals surface area contributed by atoms with Gasteiger partial charge in [0, 0.05) is 29.6 Å². The fraction of sp³-hybridized carbons (Fsp3) is 0.158. The average molecular weight is 366 g/mol. The Labute approximate surface area is 155 Å². The molecule has 8 heteroatoms. The van der Waals surface area contributed by atoms with Gasteiger partial charge >= 0.3 is 0 Å². The number of ether oxygens (including phenoxy) is 3. The minimum absolute atomic E-state index is 0.165. The van der Waals surface area contributed by atoms with Gasteiger partial charge in [0.15, 0.2) is 11.5 Å². The number of hydrogen-bond donors (Lipinski definition) is 3. The van der Waals surface area contributed by atoms with Gasteiger partial charge in [0.05, 0.1) is 5.69 Å². The van der Waals surface area contributed by atoms with E-state index in [0.717, 1.165) is 11.3 Å². The number of carbonyl (C=O) groups excluding carboxylic acids is 1. The fourth-order valence-electron chi connectivity index (χ4n) is 2.76. The molecule has 0 unspecified atom stereocenters. The molecular formula is C19H18N4O4. The maximum atomic E-state index is 12.6. The summed E-state index contributed by atoms with van der Waals surface area (Å²) in [5.41, 5.74) is 8.19. The molecule has 1 aromatic heterocycles. The Balaban J connectivity index is 1.58. The number of benzene rings is 2. The van der Waals surface area contributed by atoms with Gasteiger partial charge in [0.1, 0.15) is 12.4 Å². The van der Waals surface area contributed by atoms with Gasteiger partial charge in [-0.25, -0.2) is 0 Å². The molecule has 0 aliphatic carbocycles. The Morgan fingerprint density at radius 1 is 1.19 bits per heavy atom. The second kappa shape index (κ2) is 7.38. The maximum absolute atomic E-state index is 12.6. The maximum Gasteiger partial charge on any atom is 0.255 e. The highest BCUT2D eigenvalue weighted by Gasteiger charge is 2.17. The average Bonchev–Trinajstić information content (AvgIpc) is 3.38. The molecule has 1 aliphatic rings. The molecule has 0 spiro atoms. The number of nitrogens with one attached hydrogen (secondary N) is 2. The molecule has 0 radical (unpaired) electrons. The van der Waals surface area contributed by atoms with Gasteiger partial charge in [-0.1, -0.05) is 0 Å². The van der Waals surface area contributed by atoms with Gasteiger partial charge in [-0.15, -0.1) is 0 Å². The summed E-state index contributed by atoms with van der Waals surface area (Å²) in [6.07, 6.45) is 1.65. The summed E-state index contributed by atoms with van der Waals surface area (Å²) in [6, 6.07) is 12.3. The number of carbonyl (C=O) groups is 1. The number of amides is 1. The number of aromatic amines is 1. The van der Waals surface area contributed by atoms with E-state index in [1.807, 2.05) is 12.1 Å². The Hall–Kier alpha value is -3.52. The molecule has 4 N–H and O–H groups in total. The van der Waals surface area contributed by atoms with E-state index in [0.29, 0.717) is 41.7 Å². The summed E-state index contributed by atoms with van der Waals surface area (Å²) >= 11 is 0. The lowest BCUT2D eigenvalue weighted by Gasteiger charge is -2.13. The molecule has 1 aliphatic heterocycles. The van der Waals surface area contributed by atoms with Crippen LogP contribution in [0.3, 0.4) is 0 Å². The summed E-state index contributed by atoms with van der Waals surface area (Å²) < 4.78 is 16.3. The third-order valence-electron chi connectivity index (χ3n) is 4.04. The Morgan fingerprint density at radius 2 is 2.07 bits per heavy atom. The molecule has 0 saturated carbocycles. The molecule has 2 heterocycles. The van der Waals surface area contributed by atoms with Crippen molar-refractivity contribution in [2.75, 3.05) is 25.3 Å². The Bertz CT molecular complexity index is 956. The number of hydrogen-bond acceptors (Lipinski definition) is 6. The van der Waals surface area contributed by atoms with E-state index in [9.17, 15) is 4.79 Å². The van der Waals surface area contributed by atoms with Crippen molar-refractivity contribution >= 4 is 11.6 Å². The number of rotatable bonds is 6. The molecule has 1 amide bonds. The van der Waals surface area contributed by atoms with Crippen molar-refractivity contribution in [3.05, 3.63) is 54.2 Å². The smallest absolute Gasteiger partial charge is 0.255 e. The van der Waals surface area contributed by atoms with Crippen LogP contribution in [0.5, 0.6) is 17.2 Å². The SMILES string of the molecule is NCCOc1ccc(NC(=O)c2ccc3c(c2)OCO3)cc1-c1ccn[nH]1. The van der Waals surface area contributed by atoms with Crippen LogP contribution in [0.2, 0.25) is 0 Å². The second-order valence-electron chi connectivity index (χ2n) is 5.84. The van der Waals surface area contributed by atoms with Crippen molar-refractivity contribution in [1.29, 1.82) is 0 Å². The van der Waals surface area contributed by atoms with Crippen LogP contribution in [0.25, 0.3) is 11.3 Å². The quantitative estimate of drug-likeness (QED) is 0.618. The van der Waals surface area contributed by atoms with Crippen LogP contribution in [-0.2, 0) is 0 Å². The molecule has 0 fully saturated rings. The van der Waals surface area contributed by atoms with Gasteiger partial charge < -0.3 is 25.3 Å². The van der Waals surface area contributed by atoms with Crippen LogP contribution in [0.15, 0.2) is 48.7 Å². The highest BCUT2D eigenvalue weighted by molar-refractivity contribution is 6.05. The van der Waals surface area contributed by atoms with Crippen LogP contribution in [0.4, 0.5) is 5.69 Å². The lowest BCUT2D eigenvalue weighted by molar-refractivity contribution is 0.102. The summed E-state index contributed by atoms with van der Waals surface area (Å²) in [5, 5.41) is 9.76. The van der Waals surface area contributed by atoms with Crippen LogP contribution in [-0.4, -0.2) is 36.0 Å². The topological polar surface area (TPSA) is 111 Å². The number of nitrogens with zero attached hydrogens (tertiary/aromatic N) is 1. The summed E-state index contributed by atoms with van der Waals surface area (Å²) in [6.45, 7) is 0.966. The van der Waals surface area contributed by atoms with Crippen molar-refractivity contribution in [2.45, 2.75) is 0 Å². The monoisotopic (exact) mass is 366 g/mol. The molecule has 27 heavy (non-hydrogen) atoms. The zero-order valence-corrected chi connectivity index (χ0v) is 14.4. The normalized spacial score (nSPS) is 12.0. The standard InChI is InChI=1S/C19H18N4O4/c20-6-8-25-16-4-2-13(10-14(16)15-5-7-21-23-15)22-19(24)12-1-3-17-18(9-12)27-11-26-17/h1-5,7,9-10H,6,8,11,20H2,(H,21,23)(H,22,24). The lowest BCUT2D eigenvalue weighted by Crippen LogP contribution is -2.13. The van der Waals surface area contributed by atoms with E-state index >= 15 is 0 Å². The van der Waals surface area contributed by atoms with Crippen LogP contribution in [0, 0.1) is 0 Å². The molecule has 4 rings (SSSR count). The van der Waals surface area contributed by atoms with Crippen molar-refractivity contribution in [3.63, 3.8) is 0 Å². The van der Waals surface area contributed by atoms with Gasteiger partial charge in [0.2, 0.25) is 6.79 Å². The van der Waals surface area contributed by atoms with Gasteiger partial charge in [-0.2, -0.15) is 5.10 Å². The van der Waals surface area contributed by atoms with Crippen molar-refractivity contribution in [2.24, 2.45) is 5.73 Å². The van der Waals surface area contributed by atoms with E-state index in [2.05, 4.69) is 15.5 Å². The first kappa shape index (κ1) is 16.9. The third-order valence-corrected chi connectivity index (χ3v) is 4.04. The molecular weight excluding hydrogens is 348 g/mol. The predicted molar refractivity (Wildman–Crippen MR) is 99.1 cm³/mol. The van der Waals surface area contributed by atoms with E-state index in [1.54, 1.807) is 36.5 Å². The predicted octanol–water partition coefficient (Wildman–Crippen LogP) is 2.40. The summed E-state index contributed by atoms with van der Waals surface area (Å²) in [7, 11) is 0. The van der Waals surface area contributed by atoms with E-state index in [1.165, 1.54) is 0 Å². The highest BCUT2D eigenvalue weighted by Crippen LogP contribution is 2.34. The zero-order chi connectivity index (χ0) is 18.6. The highest BCUT2D eigenvalue weighted by atomic mass is 16.7. The third kappa shape index (κ3) is 3.56. The van der Waals surface area contributed by atoms with Gasteiger partial charge in [-0.3, -0.25) is 9.89 Å². The van der Waals surface area contributed by atoms with Crippen LogP contribution < -0.4 is 25.3 Å². The van der Waals surface area contributed by atoms with E-state index in [4.69, 9.17) is 19.9 Å². The minimum atomic E-state index is -0.250. The Kier molecular flexibility index (Phi) is 4.63. The van der Waals surface area contributed by atoms with Crippen molar-refractivity contribution in [1.82, 2.24) is 10.2 Å².